The van der Waals surface area contributed by atoms with Gasteiger partial charge >= 0.3 is 11.9 Å². The number of aliphatic hydroxyl groups excluding tert-OH is 2. The number of aliphatic imine (C=N–C) groups is 2. The molecule has 0 spiro atoms. The number of aliphatic carboxylic acids is 2. The van der Waals surface area contributed by atoms with Crippen molar-refractivity contribution in [3.63, 3.8) is 0 Å². The lowest BCUT2D eigenvalue weighted by Gasteiger charge is -2.28. The average molecular weight is 884 g/mol. The molecule has 0 radical (unpaired) electrons. The van der Waals surface area contributed by atoms with E-state index in [1.807, 2.05) is 0 Å². The van der Waals surface area contributed by atoms with E-state index in [2.05, 4.69) is 51.9 Å². The normalized spacial score (nSPS) is 14.8. The number of hydrogen-bond donors (Lipinski definition) is 16. The standard InChI is InChI=1S/C35H61N15O12/c1-16(2)10-22(30(58)50-26(17(3)52)32(60)46-21(33(61)62)7-5-9-43-35(39)40)47-29(57)23(11-18-13-41-15-44-18)48-31(59)24(14-51)49-28(56)20(6-4-8-42-34(37)38)45-27(55)19(36)12-25(53)54/h13,15-17,19-24,26,51-52H,4-12,14,36H2,1-3H3,(H,41,44)(H,45,55)(H,46,60)(H,47,57)(H,48,59)(H,49,56)(H,50,58)(H,53,54)(H,61,62)(H4,37,38,42)(H4,39,40,43)/t17-,19+,20+,21+,22+,23+,24+,26+/m1/s1. The lowest BCUT2D eigenvalue weighted by atomic mass is 10.0. The van der Waals surface area contributed by atoms with Gasteiger partial charge in [-0.3, -0.25) is 43.5 Å². The third-order valence-electron chi connectivity index (χ3n) is 8.70. The zero-order chi connectivity index (χ0) is 47.1. The molecule has 21 N–H and O–H groups in total. The van der Waals surface area contributed by atoms with E-state index in [0.717, 1.165) is 0 Å². The van der Waals surface area contributed by atoms with Crippen molar-refractivity contribution in [1.29, 1.82) is 0 Å². The minimum Gasteiger partial charge on any atom is -0.481 e. The Bertz CT molecular complexity index is 1720. The largest absolute Gasteiger partial charge is 0.481 e. The molecule has 62 heavy (non-hydrogen) atoms. The second-order valence-corrected chi connectivity index (χ2v) is 14.6. The van der Waals surface area contributed by atoms with Crippen LogP contribution >= 0.6 is 0 Å². The number of aromatic nitrogens is 2. The summed E-state index contributed by atoms with van der Waals surface area (Å²) < 4.78 is 0. The lowest BCUT2D eigenvalue weighted by Crippen LogP contribution is -2.61. The van der Waals surface area contributed by atoms with Gasteiger partial charge in [0.2, 0.25) is 35.4 Å². The van der Waals surface area contributed by atoms with Gasteiger partial charge in [0.15, 0.2) is 11.9 Å². The Morgan fingerprint density at radius 1 is 0.694 bits per heavy atom. The number of carboxylic acids is 2. The van der Waals surface area contributed by atoms with Gasteiger partial charge in [-0.1, -0.05) is 13.8 Å². The Labute approximate surface area is 356 Å². The fourth-order valence-electron chi connectivity index (χ4n) is 5.55. The minimum absolute atomic E-state index is 0.0220. The van der Waals surface area contributed by atoms with Crippen molar-refractivity contribution in [3.05, 3.63) is 18.2 Å². The van der Waals surface area contributed by atoms with Gasteiger partial charge in [-0.2, -0.15) is 0 Å². The summed E-state index contributed by atoms with van der Waals surface area (Å²) in [5.74, 6) is -9.52. The molecule has 0 fully saturated rings. The maximum absolute atomic E-state index is 13.9. The van der Waals surface area contributed by atoms with Gasteiger partial charge in [-0.05, 0) is 44.9 Å². The van der Waals surface area contributed by atoms with E-state index in [1.165, 1.54) is 19.4 Å². The predicted octanol–water partition coefficient (Wildman–Crippen LogP) is -6.73. The molecule has 1 aromatic rings. The highest BCUT2D eigenvalue weighted by atomic mass is 16.4. The quantitative estimate of drug-likeness (QED) is 0.0202. The summed E-state index contributed by atoms with van der Waals surface area (Å²) in [7, 11) is 0. The van der Waals surface area contributed by atoms with E-state index in [0.29, 0.717) is 5.69 Å². The van der Waals surface area contributed by atoms with Crippen LogP contribution in [0.1, 0.15) is 65.0 Å². The van der Waals surface area contributed by atoms with Crippen LogP contribution in [0.5, 0.6) is 0 Å². The number of guanidine groups is 2. The highest BCUT2D eigenvalue weighted by molar-refractivity contribution is 5.97. The summed E-state index contributed by atoms with van der Waals surface area (Å²) in [5.41, 5.74) is 27.2. The fraction of sp³-hybridized carbons (Fsp3) is 0.629. The molecule has 348 valence electrons. The summed E-state index contributed by atoms with van der Waals surface area (Å²) in [5, 5.41) is 53.5. The van der Waals surface area contributed by atoms with Gasteiger partial charge in [-0.15, -0.1) is 0 Å². The number of carbonyl (C=O) groups is 8. The molecule has 1 heterocycles. The number of amides is 6. The van der Waals surface area contributed by atoms with Gasteiger partial charge in [0, 0.05) is 31.4 Å². The second kappa shape index (κ2) is 27.3. The number of H-pyrrole nitrogens is 1. The molecule has 0 aromatic carbocycles. The van der Waals surface area contributed by atoms with Crippen molar-refractivity contribution in [2.75, 3.05) is 19.7 Å². The summed E-state index contributed by atoms with van der Waals surface area (Å²) >= 11 is 0. The van der Waals surface area contributed by atoms with Crippen LogP contribution in [0.4, 0.5) is 0 Å². The van der Waals surface area contributed by atoms with Crippen molar-refractivity contribution in [3.8, 4) is 0 Å². The minimum atomic E-state index is -1.73. The van der Waals surface area contributed by atoms with E-state index < -0.39 is 109 Å². The topological polar surface area (TPSA) is 473 Å². The van der Waals surface area contributed by atoms with Crippen molar-refractivity contribution in [1.82, 2.24) is 41.9 Å². The molecule has 0 aliphatic heterocycles. The SMILES string of the molecule is CC(C)C[C@H](NC(=O)[C@H](Cc1cnc[nH]1)NC(=O)[C@H](CO)NC(=O)[C@H](CCCN=C(N)N)NC(=O)[C@@H](N)CC(=O)O)C(=O)N[C@H](C(=O)N[C@@H](CCCN=C(N)N)C(=O)O)[C@@H](C)O. The Hall–Kier alpha value is -6.61. The van der Waals surface area contributed by atoms with Gasteiger partial charge in [0.25, 0.3) is 0 Å². The zero-order valence-electron chi connectivity index (χ0n) is 34.7. The zero-order valence-corrected chi connectivity index (χ0v) is 34.7. The highest BCUT2D eigenvalue weighted by Gasteiger charge is 2.35. The molecular formula is C35H61N15O12. The van der Waals surface area contributed by atoms with Crippen molar-refractivity contribution < 1.29 is 58.8 Å². The Morgan fingerprint density at radius 2 is 1.18 bits per heavy atom. The van der Waals surface area contributed by atoms with Gasteiger partial charge in [0.05, 0.1) is 31.5 Å². The first-order chi connectivity index (χ1) is 29.0. The molecule has 0 aliphatic carbocycles. The summed E-state index contributed by atoms with van der Waals surface area (Å²) in [6.45, 7) is 3.71. The number of nitrogens with two attached hydrogens (primary N) is 5. The van der Waals surface area contributed by atoms with Crippen molar-refractivity contribution in [2.45, 2.75) is 114 Å². The number of carbonyl (C=O) groups excluding carboxylic acids is 6. The third kappa shape index (κ3) is 20.6. The van der Waals surface area contributed by atoms with E-state index >= 15 is 0 Å². The number of nitrogens with zero attached hydrogens (tertiary/aromatic N) is 3. The molecule has 1 aromatic heterocycles. The molecule has 8 atom stereocenters. The number of nitrogens with one attached hydrogen (secondary N) is 7. The van der Waals surface area contributed by atoms with Crippen LogP contribution in [0, 0.1) is 5.92 Å². The van der Waals surface area contributed by atoms with Crippen LogP contribution in [-0.2, 0) is 44.8 Å². The summed E-state index contributed by atoms with van der Waals surface area (Å²) in [4.78, 5) is 118. The lowest BCUT2D eigenvalue weighted by molar-refractivity contribution is -0.143. The first-order valence-corrected chi connectivity index (χ1v) is 19.4. The Kier molecular flexibility index (Phi) is 23.5. The summed E-state index contributed by atoms with van der Waals surface area (Å²) in [6.07, 6.45) is 0.0944. The van der Waals surface area contributed by atoms with Crippen molar-refractivity contribution in [2.24, 2.45) is 44.6 Å². The first-order valence-electron chi connectivity index (χ1n) is 19.4. The number of hydrogen-bond acceptors (Lipinski definition) is 14. The fourth-order valence-corrected chi connectivity index (χ4v) is 5.55. The van der Waals surface area contributed by atoms with E-state index in [1.54, 1.807) is 13.8 Å². The molecule has 0 unspecified atom stereocenters. The average Bonchev–Trinajstić information content (AvgIpc) is 3.69. The Morgan fingerprint density at radius 3 is 1.66 bits per heavy atom. The van der Waals surface area contributed by atoms with Gasteiger partial charge in [0.1, 0.15) is 36.3 Å². The third-order valence-corrected chi connectivity index (χ3v) is 8.70. The molecule has 0 bridgehead atoms. The number of imidazole rings is 1. The number of aliphatic hydroxyl groups is 2. The second-order valence-electron chi connectivity index (χ2n) is 14.6. The van der Waals surface area contributed by atoms with E-state index in [9.17, 15) is 53.7 Å². The highest BCUT2D eigenvalue weighted by Crippen LogP contribution is 2.10. The molecule has 27 nitrogen and oxygen atoms in total. The predicted molar refractivity (Wildman–Crippen MR) is 220 cm³/mol. The van der Waals surface area contributed by atoms with E-state index in [4.69, 9.17) is 33.8 Å². The Balaban J connectivity index is 3.30. The van der Waals surface area contributed by atoms with Gasteiger partial charge in [-0.25, -0.2) is 9.78 Å². The molecule has 1 rings (SSSR count). The molecule has 6 amide bonds. The molecule has 0 saturated heterocycles. The van der Waals surface area contributed by atoms with Crippen LogP contribution in [0.3, 0.4) is 0 Å². The maximum atomic E-state index is 13.9. The van der Waals surface area contributed by atoms with Crippen LogP contribution < -0.4 is 60.6 Å². The monoisotopic (exact) mass is 883 g/mol. The summed E-state index contributed by atoms with van der Waals surface area (Å²) in [6, 6.07) is -10.7. The molecule has 0 aliphatic rings. The molecule has 0 saturated carbocycles. The number of rotatable bonds is 29. The van der Waals surface area contributed by atoms with Crippen LogP contribution in [0.2, 0.25) is 0 Å². The van der Waals surface area contributed by atoms with Crippen LogP contribution in [0.15, 0.2) is 22.5 Å². The van der Waals surface area contributed by atoms with Crippen LogP contribution in [0.25, 0.3) is 0 Å². The van der Waals surface area contributed by atoms with Crippen molar-refractivity contribution >= 4 is 59.3 Å². The first kappa shape index (κ1) is 53.4. The van der Waals surface area contributed by atoms with Gasteiger partial charge < -0.3 is 86.0 Å². The number of carboxylic acid groups (broad SMARTS) is 2. The van der Waals surface area contributed by atoms with E-state index in [-0.39, 0.29) is 69.5 Å². The maximum Gasteiger partial charge on any atom is 0.326 e. The molecular weight excluding hydrogens is 822 g/mol. The number of aromatic amines is 1. The molecule has 27 heteroatoms. The smallest absolute Gasteiger partial charge is 0.326 e. The van der Waals surface area contributed by atoms with Crippen LogP contribution in [-0.4, -0.2) is 158 Å².